The first-order valence-electron chi connectivity index (χ1n) is 13.5. The number of carbonyl (C=O) groups excluding carboxylic acids is 4. The topological polar surface area (TPSA) is 159 Å². The lowest BCUT2D eigenvalue weighted by Crippen LogP contribution is -2.36. The molecule has 2 N–H and O–H groups in total. The number of hydrogen-bond acceptors (Lipinski definition) is 12. The van der Waals surface area contributed by atoms with Gasteiger partial charge in [-0.05, 0) is 64.2 Å². The second kappa shape index (κ2) is 17.9. The third-order valence-corrected chi connectivity index (χ3v) is 5.56. The van der Waals surface area contributed by atoms with Crippen molar-refractivity contribution in [1.82, 2.24) is 0 Å². The molecular weight excluding hydrogens is 526 g/mol. The predicted octanol–water partition coefficient (Wildman–Crippen LogP) is 5.46. The van der Waals surface area contributed by atoms with Crippen molar-refractivity contribution in [3.63, 3.8) is 0 Å². The molecule has 0 aliphatic carbocycles. The van der Waals surface area contributed by atoms with E-state index in [9.17, 15) is 19.2 Å². The molecule has 0 aliphatic rings. The highest BCUT2D eigenvalue weighted by atomic mass is 16.8. The maximum Gasteiger partial charge on any atom is 0.513 e. The molecule has 0 unspecified atom stereocenters. The van der Waals surface area contributed by atoms with E-state index in [-0.39, 0.29) is 37.7 Å². The summed E-state index contributed by atoms with van der Waals surface area (Å²) in [5, 5.41) is 0. The van der Waals surface area contributed by atoms with Crippen LogP contribution < -0.4 is 15.2 Å². The molecule has 2 atom stereocenters. The molecular formula is C28H43NO11. The highest BCUT2D eigenvalue weighted by molar-refractivity contribution is 5.76. The molecule has 0 fully saturated rings. The minimum atomic E-state index is -1.09. The van der Waals surface area contributed by atoms with Crippen LogP contribution >= 0.6 is 0 Å². The summed E-state index contributed by atoms with van der Waals surface area (Å²) in [5.41, 5.74) is 5.82. The van der Waals surface area contributed by atoms with Gasteiger partial charge in [-0.25, -0.2) is 14.4 Å². The summed E-state index contributed by atoms with van der Waals surface area (Å²) in [5.74, 6) is -0.917. The summed E-state index contributed by atoms with van der Waals surface area (Å²) in [6, 6.07) is 3.25. The van der Waals surface area contributed by atoms with E-state index in [0.717, 1.165) is 12.8 Å². The van der Waals surface area contributed by atoms with Gasteiger partial charge in [0.2, 0.25) is 0 Å². The quantitative estimate of drug-likeness (QED) is 0.116. The number of esters is 1. The van der Waals surface area contributed by atoms with Crippen molar-refractivity contribution in [1.29, 1.82) is 0 Å². The first-order valence-corrected chi connectivity index (χ1v) is 13.5. The Hall–Kier alpha value is -3.54. The number of carbonyl (C=O) groups is 4. The Bertz CT molecular complexity index is 964. The standard InChI is InChI=1S/C28H43NO11/c1-7-10-14-34-25(31)38-22-13-12-20(17-23(22)39-26(32)35-15-11-8-2)16-21(29)24(30)36-18-19(4)37-27(33)40-28(5,6)9-3/h12-13,17,19,21H,7-11,14-16,18,29H2,1-6H3/t19-,21-/m0/s1. The molecule has 40 heavy (non-hydrogen) atoms. The van der Waals surface area contributed by atoms with E-state index in [4.69, 9.17) is 38.9 Å². The van der Waals surface area contributed by atoms with Gasteiger partial charge in [-0.2, -0.15) is 0 Å². The van der Waals surface area contributed by atoms with Gasteiger partial charge in [-0.3, -0.25) is 4.79 Å². The van der Waals surface area contributed by atoms with Crippen LogP contribution in [-0.4, -0.2) is 62.0 Å². The van der Waals surface area contributed by atoms with Crippen molar-refractivity contribution < 1.29 is 52.3 Å². The molecule has 0 aliphatic heterocycles. The second-order valence-corrected chi connectivity index (χ2v) is 9.72. The van der Waals surface area contributed by atoms with Gasteiger partial charge in [-0.15, -0.1) is 0 Å². The SMILES string of the molecule is CCCCOC(=O)Oc1ccc(C[C@H](N)C(=O)OC[C@H](C)OC(=O)OC(C)(C)CC)cc1OC(=O)OCCCC. The summed E-state index contributed by atoms with van der Waals surface area (Å²) in [7, 11) is 0. The molecule has 1 rings (SSSR count). The van der Waals surface area contributed by atoms with Gasteiger partial charge >= 0.3 is 24.4 Å². The Morgan fingerprint density at radius 2 is 1.43 bits per heavy atom. The molecule has 0 saturated carbocycles. The minimum absolute atomic E-state index is 0.00325. The molecule has 0 heterocycles. The summed E-state index contributed by atoms with van der Waals surface area (Å²) in [4.78, 5) is 48.5. The van der Waals surface area contributed by atoms with Crippen molar-refractivity contribution >= 4 is 24.4 Å². The highest BCUT2D eigenvalue weighted by Crippen LogP contribution is 2.30. The number of unbranched alkanes of at least 4 members (excludes halogenated alkanes) is 2. The van der Waals surface area contributed by atoms with Crippen LogP contribution in [0.25, 0.3) is 0 Å². The molecule has 0 bridgehead atoms. The zero-order valence-corrected chi connectivity index (χ0v) is 24.3. The Kier molecular flexibility index (Phi) is 15.5. The van der Waals surface area contributed by atoms with E-state index < -0.39 is 42.2 Å². The first-order chi connectivity index (χ1) is 18.9. The number of benzene rings is 1. The van der Waals surface area contributed by atoms with Crippen LogP contribution in [0.2, 0.25) is 0 Å². The van der Waals surface area contributed by atoms with Crippen molar-refractivity contribution in [2.75, 3.05) is 19.8 Å². The fraction of sp³-hybridized carbons (Fsp3) is 0.643. The summed E-state index contributed by atoms with van der Waals surface area (Å²) in [6.45, 7) is 10.9. The molecule has 12 heteroatoms. The number of ether oxygens (including phenoxy) is 7. The van der Waals surface area contributed by atoms with Gasteiger partial charge in [0.1, 0.15) is 24.4 Å². The lowest BCUT2D eigenvalue weighted by atomic mass is 10.1. The van der Waals surface area contributed by atoms with Crippen molar-refractivity contribution in [3.8, 4) is 11.5 Å². The van der Waals surface area contributed by atoms with Crippen LogP contribution in [0.1, 0.15) is 79.2 Å². The molecule has 0 spiro atoms. The van der Waals surface area contributed by atoms with Crippen LogP contribution in [-0.2, 0) is 34.9 Å². The average Bonchev–Trinajstić information content (AvgIpc) is 2.88. The van der Waals surface area contributed by atoms with Crippen LogP contribution in [0.4, 0.5) is 14.4 Å². The average molecular weight is 570 g/mol. The molecule has 0 saturated heterocycles. The Labute approximate surface area is 235 Å². The maximum atomic E-state index is 12.4. The van der Waals surface area contributed by atoms with Gasteiger partial charge < -0.3 is 38.9 Å². The van der Waals surface area contributed by atoms with Crippen molar-refractivity contribution in [2.45, 2.75) is 97.8 Å². The van der Waals surface area contributed by atoms with E-state index in [1.54, 1.807) is 26.8 Å². The van der Waals surface area contributed by atoms with Gasteiger partial charge in [0.15, 0.2) is 11.5 Å². The fourth-order valence-electron chi connectivity index (χ4n) is 2.85. The zero-order chi connectivity index (χ0) is 30.1. The molecule has 226 valence electrons. The molecule has 0 aromatic heterocycles. The third kappa shape index (κ3) is 14.0. The van der Waals surface area contributed by atoms with Gasteiger partial charge in [-0.1, -0.05) is 39.7 Å². The Morgan fingerprint density at radius 1 is 0.850 bits per heavy atom. The molecule has 1 aromatic carbocycles. The van der Waals surface area contributed by atoms with Crippen LogP contribution in [0, 0.1) is 0 Å². The lowest BCUT2D eigenvalue weighted by molar-refractivity contribution is -0.148. The Balaban J connectivity index is 2.80. The monoisotopic (exact) mass is 569 g/mol. The fourth-order valence-corrected chi connectivity index (χ4v) is 2.85. The largest absolute Gasteiger partial charge is 0.513 e. The van der Waals surface area contributed by atoms with E-state index in [0.29, 0.717) is 24.8 Å². The van der Waals surface area contributed by atoms with Crippen molar-refractivity contribution in [3.05, 3.63) is 23.8 Å². The van der Waals surface area contributed by atoms with E-state index in [1.165, 1.54) is 12.1 Å². The number of hydrogen-bond donors (Lipinski definition) is 1. The summed E-state index contributed by atoms with van der Waals surface area (Å²) < 4.78 is 36.0. The first kappa shape index (κ1) is 34.5. The van der Waals surface area contributed by atoms with Crippen LogP contribution in [0.5, 0.6) is 11.5 Å². The maximum absolute atomic E-state index is 12.4. The van der Waals surface area contributed by atoms with Gasteiger partial charge in [0.05, 0.1) is 13.2 Å². The smallest absolute Gasteiger partial charge is 0.461 e. The second-order valence-electron chi connectivity index (χ2n) is 9.72. The summed E-state index contributed by atoms with van der Waals surface area (Å²) >= 11 is 0. The lowest BCUT2D eigenvalue weighted by Gasteiger charge is -2.24. The molecule has 1 aromatic rings. The minimum Gasteiger partial charge on any atom is -0.461 e. The summed E-state index contributed by atoms with van der Waals surface area (Å²) in [6.07, 6.45) is 0.0196. The van der Waals surface area contributed by atoms with Gasteiger partial charge in [0, 0.05) is 0 Å². The third-order valence-electron chi connectivity index (χ3n) is 5.56. The zero-order valence-electron chi connectivity index (χ0n) is 24.3. The molecule has 12 nitrogen and oxygen atoms in total. The molecule has 0 amide bonds. The van der Waals surface area contributed by atoms with Crippen LogP contribution in [0.3, 0.4) is 0 Å². The highest BCUT2D eigenvalue weighted by Gasteiger charge is 2.24. The normalized spacial score (nSPS) is 12.5. The molecule has 0 radical (unpaired) electrons. The predicted molar refractivity (Wildman–Crippen MR) is 144 cm³/mol. The van der Waals surface area contributed by atoms with Crippen molar-refractivity contribution in [2.24, 2.45) is 5.73 Å². The number of rotatable bonds is 16. The van der Waals surface area contributed by atoms with E-state index in [2.05, 4.69) is 0 Å². The van der Waals surface area contributed by atoms with E-state index in [1.807, 2.05) is 20.8 Å². The number of nitrogens with two attached hydrogens (primary N) is 1. The Morgan fingerprint density at radius 3 is 1.98 bits per heavy atom. The van der Waals surface area contributed by atoms with Gasteiger partial charge in [0.25, 0.3) is 0 Å². The van der Waals surface area contributed by atoms with Crippen LogP contribution in [0.15, 0.2) is 18.2 Å². The van der Waals surface area contributed by atoms with E-state index >= 15 is 0 Å².